The Hall–Kier alpha value is -2.73. The Morgan fingerprint density at radius 3 is 2.77 bits per heavy atom. The van der Waals surface area contributed by atoms with E-state index in [-0.39, 0.29) is 27.9 Å². The minimum atomic E-state index is -0.976. The average molecular weight is 368 g/mol. The van der Waals surface area contributed by atoms with Crippen LogP contribution in [0.2, 0.25) is 0 Å². The molecule has 0 unspecified atom stereocenters. The van der Waals surface area contributed by atoms with Crippen molar-refractivity contribution < 1.29 is 19.2 Å². The maximum Gasteiger partial charge on any atom is 0.414 e. The molecule has 0 saturated carbocycles. The van der Waals surface area contributed by atoms with Crippen LogP contribution in [-0.2, 0) is 9.53 Å². The maximum absolute atomic E-state index is 11.7. The van der Waals surface area contributed by atoms with E-state index in [4.69, 9.17) is 5.26 Å². The Labute approximate surface area is 133 Å². The van der Waals surface area contributed by atoms with Crippen molar-refractivity contribution in [2.45, 2.75) is 6.92 Å². The van der Waals surface area contributed by atoms with Gasteiger partial charge in [0.25, 0.3) is 11.6 Å². The number of hydrogen-bond donors (Lipinski definition) is 1. The lowest BCUT2D eigenvalue weighted by Gasteiger charge is -2.03. The molecule has 0 heterocycles. The van der Waals surface area contributed by atoms with E-state index < -0.39 is 16.9 Å². The van der Waals surface area contributed by atoms with E-state index in [9.17, 15) is 19.7 Å². The van der Waals surface area contributed by atoms with Gasteiger partial charge in [0.2, 0.25) is 0 Å². The van der Waals surface area contributed by atoms with Gasteiger partial charge in [0.05, 0.1) is 16.0 Å². The van der Waals surface area contributed by atoms with E-state index >= 15 is 0 Å². The average Bonchev–Trinajstić information content (AvgIpc) is 2.45. The predicted molar refractivity (Wildman–Crippen MR) is 79.6 cm³/mol. The summed E-state index contributed by atoms with van der Waals surface area (Å²) < 4.78 is 4.79. The molecule has 0 bridgehead atoms. The van der Waals surface area contributed by atoms with Crippen LogP contribution in [0.15, 0.2) is 28.2 Å². The van der Waals surface area contributed by atoms with Crippen LogP contribution in [0.5, 0.6) is 0 Å². The number of halogens is 1. The summed E-state index contributed by atoms with van der Waals surface area (Å²) in [5.41, 5.74) is -0.327. The minimum Gasteiger partial charge on any atom is -0.450 e. The van der Waals surface area contributed by atoms with Crippen LogP contribution in [-0.4, -0.2) is 23.5 Å². The number of nitrogens with zero attached hydrogens (tertiary/aromatic N) is 2. The summed E-state index contributed by atoms with van der Waals surface area (Å²) in [6, 6.07) is 5.71. The molecule has 0 saturated heterocycles. The van der Waals surface area contributed by atoms with Gasteiger partial charge in [0, 0.05) is 6.07 Å². The zero-order valence-corrected chi connectivity index (χ0v) is 12.9. The first kappa shape index (κ1) is 17.3. The monoisotopic (exact) mass is 367 g/mol. The van der Waals surface area contributed by atoms with E-state index in [1.54, 1.807) is 13.0 Å². The lowest BCUT2D eigenvalue weighted by Crippen LogP contribution is -2.31. The topological polar surface area (TPSA) is 122 Å². The van der Waals surface area contributed by atoms with Crippen molar-refractivity contribution in [1.82, 2.24) is 5.32 Å². The van der Waals surface area contributed by atoms with Gasteiger partial charge < -0.3 is 4.74 Å². The summed E-state index contributed by atoms with van der Waals surface area (Å²) in [7, 11) is 0. The van der Waals surface area contributed by atoms with Gasteiger partial charge in [-0.05, 0) is 40.6 Å². The number of nitro groups is 1. The minimum absolute atomic E-state index is 0.0730. The van der Waals surface area contributed by atoms with E-state index in [0.717, 1.165) is 6.08 Å². The summed E-state index contributed by atoms with van der Waals surface area (Å²) in [4.78, 5) is 33.1. The molecule has 8 nitrogen and oxygen atoms in total. The quantitative estimate of drug-likeness (QED) is 0.377. The van der Waals surface area contributed by atoms with Crippen molar-refractivity contribution in [2.75, 3.05) is 6.61 Å². The molecule has 0 aromatic heterocycles. The zero-order valence-electron chi connectivity index (χ0n) is 11.3. The Morgan fingerprint density at radius 2 is 2.23 bits per heavy atom. The van der Waals surface area contributed by atoms with E-state index in [0.29, 0.717) is 0 Å². The Morgan fingerprint density at radius 1 is 1.55 bits per heavy atom. The molecule has 0 aliphatic heterocycles. The lowest BCUT2D eigenvalue weighted by atomic mass is 10.1. The molecule has 114 valence electrons. The van der Waals surface area contributed by atoms with Crippen molar-refractivity contribution in [1.29, 1.82) is 5.26 Å². The maximum atomic E-state index is 11.7. The normalized spacial score (nSPS) is 10.5. The number of ether oxygens (including phenoxy) is 1. The number of rotatable bonds is 4. The third kappa shape index (κ3) is 4.68. The van der Waals surface area contributed by atoms with Crippen molar-refractivity contribution in [3.63, 3.8) is 0 Å². The highest BCUT2D eigenvalue weighted by molar-refractivity contribution is 9.10. The number of nitrogens with one attached hydrogen (secondary N) is 1. The molecule has 0 fully saturated rings. The Balaban J connectivity index is 3.05. The number of nitro benzene ring substituents is 1. The van der Waals surface area contributed by atoms with Crippen molar-refractivity contribution in [2.24, 2.45) is 0 Å². The molecular weight excluding hydrogens is 358 g/mol. The molecule has 9 heteroatoms. The van der Waals surface area contributed by atoms with Crippen molar-refractivity contribution in [3.8, 4) is 6.07 Å². The zero-order chi connectivity index (χ0) is 16.7. The number of hydrogen-bond acceptors (Lipinski definition) is 6. The molecule has 0 aliphatic carbocycles. The highest BCUT2D eigenvalue weighted by Gasteiger charge is 2.15. The number of alkyl carbamates (subject to hydrolysis) is 1. The van der Waals surface area contributed by atoms with Crippen LogP contribution in [0.3, 0.4) is 0 Å². The van der Waals surface area contributed by atoms with Crippen molar-refractivity contribution >= 4 is 39.7 Å². The number of amides is 2. The molecule has 1 rings (SSSR count). The second-order valence-electron chi connectivity index (χ2n) is 3.81. The number of imide groups is 1. The molecule has 1 aromatic carbocycles. The molecule has 1 aromatic rings. The van der Waals surface area contributed by atoms with Crippen LogP contribution in [0, 0.1) is 21.4 Å². The second kappa shape index (κ2) is 7.90. The van der Waals surface area contributed by atoms with Crippen LogP contribution in [0.1, 0.15) is 12.5 Å². The van der Waals surface area contributed by atoms with E-state index in [1.165, 1.54) is 18.2 Å². The van der Waals surface area contributed by atoms with Gasteiger partial charge in [-0.3, -0.25) is 20.2 Å². The largest absolute Gasteiger partial charge is 0.450 e. The first-order valence-electron chi connectivity index (χ1n) is 5.92. The third-order valence-electron chi connectivity index (χ3n) is 2.33. The van der Waals surface area contributed by atoms with Crippen molar-refractivity contribution in [3.05, 3.63) is 43.9 Å². The summed E-state index contributed by atoms with van der Waals surface area (Å²) in [5, 5.41) is 21.7. The summed E-state index contributed by atoms with van der Waals surface area (Å²) in [6.07, 6.45) is 0.156. The first-order valence-corrected chi connectivity index (χ1v) is 6.72. The molecule has 0 radical (unpaired) electrons. The van der Waals surface area contributed by atoms with Crippen LogP contribution < -0.4 is 5.32 Å². The first-order chi connectivity index (χ1) is 10.4. The van der Waals surface area contributed by atoms with Crippen LogP contribution >= 0.6 is 15.9 Å². The Bertz CT molecular complexity index is 693. The summed E-state index contributed by atoms with van der Waals surface area (Å²) >= 11 is 3.03. The molecule has 22 heavy (non-hydrogen) atoms. The van der Waals surface area contributed by atoms with E-state index in [1.807, 2.05) is 5.32 Å². The molecule has 1 N–H and O–H groups in total. The molecule has 0 spiro atoms. The fraction of sp³-hybridized carbons (Fsp3) is 0.154. The van der Waals surface area contributed by atoms with Gasteiger partial charge in [-0.2, -0.15) is 5.26 Å². The van der Waals surface area contributed by atoms with Gasteiger partial charge >= 0.3 is 6.09 Å². The second-order valence-corrected chi connectivity index (χ2v) is 4.67. The Kier molecular flexibility index (Phi) is 6.22. The smallest absolute Gasteiger partial charge is 0.414 e. The number of nitriles is 1. The van der Waals surface area contributed by atoms with Gasteiger partial charge in [-0.15, -0.1) is 0 Å². The predicted octanol–water partition coefficient (Wildman–Crippen LogP) is 2.54. The SMILES string of the molecule is CCOC(=O)NC(=O)/C(C#N)=C/c1ccc(Br)c([N+](=O)[O-])c1. The van der Waals surface area contributed by atoms with E-state index in [2.05, 4.69) is 20.7 Å². The number of carbonyl (C=O) groups excluding carboxylic acids is 2. The molecule has 0 atom stereocenters. The fourth-order valence-corrected chi connectivity index (χ4v) is 1.79. The molecule has 2 amide bonds. The van der Waals surface area contributed by atoms with Gasteiger partial charge in [0.15, 0.2) is 0 Å². The van der Waals surface area contributed by atoms with Gasteiger partial charge in [0.1, 0.15) is 11.6 Å². The summed E-state index contributed by atoms with van der Waals surface area (Å²) in [5.74, 6) is -0.952. The summed E-state index contributed by atoms with van der Waals surface area (Å²) in [6.45, 7) is 1.63. The highest BCUT2D eigenvalue weighted by atomic mass is 79.9. The number of benzene rings is 1. The third-order valence-corrected chi connectivity index (χ3v) is 3.00. The fourth-order valence-electron chi connectivity index (χ4n) is 1.40. The molecule has 0 aliphatic rings. The lowest BCUT2D eigenvalue weighted by molar-refractivity contribution is -0.385. The van der Waals surface area contributed by atoms with Crippen LogP contribution in [0.25, 0.3) is 6.08 Å². The van der Waals surface area contributed by atoms with Gasteiger partial charge in [-0.25, -0.2) is 4.79 Å². The van der Waals surface area contributed by atoms with Gasteiger partial charge in [-0.1, -0.05) is 6.07 Å². The highest BCUT2D eigenvalue weighted by Crippen LogP contribution is 2.26. The van der Waals surface area contributed by atoms with Crippen LogP contribution in [0.4, 0.5) is 10.5 Å². The molecular formula is C13H10BrN3O5. The number of carbonyl (C=O) groups is 2. The standard InChI is InChI=1S/C13H10BrN3O5/c1-2-22-13(19)16-12(18)9(7-15)5-8-3-4-10(14)11(6-8)17(20)21/h3-6H,2H2,1H3,(H,16,18,19)/b9-5+.